The fourth-order valence-corrected chi connectivity index (χ4v) is 1.04. The van der Waals surface area contributed by atoms with Gasteiger partial charge in [0.05, 0.1) is 12.8 Å². The summed E-state index contributed by atoms with van der Waals surface area (Å²) in [4.78, 5) is 7.29. The first-order valence-electron chi connectivity index (χ1n) is 3.77. The zero-order valence-electron chi connectivity index (χ0n) is 6.77. The van der Waals surface area contributed by atoms with Crippen molar-refractivity contribution in [3.63, 3.8) is 0 Å². The molecule has 0 saturated heterocycles. The second-order valence-corrected chi connectivity index (χ2v) is 2.50. The molecular formula is C10H6N2O. The van der Waals surface area contributed by atoms with E-state index in [1.165, 1.54) is 6.26 Å². The molecule has 1 aromatic carbocycles. The van der Waals surface area contributed by atoms with Crippen LogP contribution in [0.25, 0.3) is 16.3 Å². The summed E-state index contributed by atoms with van der Waals surface area (Å²) in [6.07, 6.45) is 3.12. The van der Waals surface area contributed by atoms with Gasteiger partial charge < -0.3 is 4.42 Å². The van der Waals surface area contributed by atoms with Crippen LogP contribution in [0, 0.1) is 6.57 Å². The Kier molecular flexibility index (Phi) is 1.81. The minimum Gasteiger partial charge on any atom is -0.445 e. The van der Waals surface area contributed by atoms with Gasteiger partial charge in [0.2, 0.25) is 5.89 Å². The molecule has 2 rings (SSSR count). The predicted molar refractivity (Wildman–Crippen MR) is 48.2 cm³/mol. The van der Waals surface area contributed by atoms with Crippen molar-refractivity contribution in [1.29, 1.82) is 0 Å². The molecule has 13 heavy (non-hydrogen) atoms. The first-order valence-corrected chi connectivity index (χ1v) is 3.77. The van der Waals surface area contributed by atoms with E-state index in [-0.39, 0.29) is 0 Å². The molecular weight excluding hydrogens is 164 g/mol. The van der Waals surface area contributed by atoms with Crippen molar-refractivity contribution in [2.45, 2.75) is 0 Å². The maximum atomic E-state index is 6.77. The smallest absolute Gasteiger partial charge is 0.225 e. The standard InChI is InChI=1S/C10H6N2O/c1-11-9-4-2-8(3-5-9)10-12-6-7-13-10/h2-7H. The molecule has 0 spiro atoms. The molecule has 3 heteroatoms. The number of benzene rings is 1. The molecule has 0 saturated carbocycles. The molecule has 0 bridgehead atoms. The Morgan fingerprint density at radius 3 is 2.54 bits per heavy atom. The molecule has 0 aliphatic rings. The van der Waals surface area contributed by atoms with Crippen LogP contribution < -0.4 is 0 Å². The quantitative estimate of drug-likeness (QED) is 0.616. The fraction of sp³-hybridized carbons (Fsp3) is 0. The maximum Gasteiger partial charge on any atom is 0.225 e. The Morgan fingerprint density at radius 2 is 2.00 bits per heavy atom. The van der Waals surface area contributed by atoms with Gasteiger partial charge in [-0.1, -0.05) is 24.3 Å². The van der Waals surface area contributed by atoms with Crippen molar-refractivity contribution in [2.75, 3.05) is 0 Å². The van der Waals surface area contributed by atoms with E-state index in [0.717, 1.165) is 5.56 Å². The minimum atomic E-state index is 0.580. The van der Waals surface area contributed by atoms with Gasteiger partial charge in [0.1, 0.15) is 6.26 Å². The third-order valence-corrected chi connectivity index (χ3v) is 1.68. The lowest BCUT2D eigenvalue weighted by Gasteiger charge is -1.93. The van der Waals surface area contributed by atoms with Crippen molar-refractivity contribution in [3.8, 4) is 11.5 Å². The highest BCUT2D eigenvalue weighted by Gasteiger charge is 2.00. The lowest BCUT2D eigenvalue weighted by Crippen LogP contribution is -1.74. The summed E-state index contributed by atoms with van der Waals surface area (Å²) >= 11 is 0. The first kappa shape index (κ1) is 7.56. The van der Waals surface area contributed by atoms with Crippen LogP contribution in [0.3, 0.4) is 0 Å². The van der Waals surface area contributed by atoms with E-state index in [1.54, 1.807) is 18.3 Å². The van der Waals surface area contributed by atoms with E-state index in [9.17, 15) is 0 Å². The molecule has 0 fully saturated rings. The summed E-state index contributed by atoms with van der Waals surface area (Å²) in [6.45, 7) is 6.77. The molecule has 1 heterocycles. The SMILES string of the molecule is [C-]#[N+]c1ccc(-c2ncco2)cc1. The van der Waals surface area contributed by atoms with Crippen LogP contribution in [0.15, 0.2) is 41.1 Å². The van der Waals surface area contributed by atoms with E-state index >= 15 is 0 Å². The van der Waals surface area contributed by atoms with Gasteiger partial charge in [-0.3, -0.25) is 0 Å². The van der Waals surface area contributed by atoms with Gasteiger partial charge in [-0.2, -0.15) is 0 Å². The van der Waals surface area contributed by atoms with Crippen LogP contribution >= 0.6 is 0 Å². The van der Waals surface area contributed by atoms with Crippen molar-refractivity contribution in [1.82, 2.24) is 4.98 Å². The number of hydrogen-bond donors (Lipinski definition) is 0. The highest BCUT2D eigenvalue weighted by atomic mass is 16.3. The van der Waals surface area contributed by atoms with E-state index in [2.05, 4.69) is 9.83 Å². The topological polar surface area (TPSA) is 30.4 Å². The molecule has 0 N–H and O–H groups in total. The molecule has 0 aliphatic carbocycles. The van der Waals surface area contributed by atoms with Gasteiger partial charge in [-0.25, -0.2) is 9.83 Å². The number of aromatic nitrogens is 1. The highest BCUT2D eigenvalue weighted by Crippen LogP contribution is 2.20. The Morgan fingerprint density at radius 1 is 1.23 bits per heavy atom. The Bertz CT molecular complexity index is 423. The average molecular weight is 170 g/mol. The molecule has 2 aromatic rings. The van der Waals surface area contributed by atoms with Gasteiger partial charge >= 0.3 is 0 Å². The largest absolute Gasteiger partial charge is 0.445 e. The number of nitrogens with zero attached hydrogens (tertiary/aromatic N) is 2. The summed E-state index contributed by atoms with van der Waals surface area (Å²) in [7, 11) is 0. The number of oxazole rings is 1. The van der Waals surface area contributed by atoms with Crippen LogP contribution in [0.4, 0.5) is 5.69 Å². The fourth-order valence-electron chi connectivity index (χ4n) is 1.04. The van der Waals surface area contributed by atoms with Crippen molar-refractivity contribution in [2.24, 2.45) is 0 Å². The van der Waals surface area contributed by atoms with Crippen molar-refractivity contribution < 1.29 is 4.42 Å². The molecule has 0 atom stereocenters. The Hall–Kier alpha value is -2.08. The van der Waals surface area contributed by atoms with E-state index in [4.69, 9.17) is 11.0 Å². The van der Waals surface area contributed by atoms with Gasteiger partial charge in [0.15, 0.2) is 5.69 Å². The summed E-state index contributed by atoms with van der Waals surface area (Å²) in [5.41, 5.74) is 1.51. The zero-order chi connectivity index (χ0) is 9.10. The lowest BCUT2D eigenvalue weighted by atomic mass is 10.2. The van der Waals surface area contributed by atoms with Gasteiger partial charge in [-0.05, 0) is 0 Å². The van der Waals surface area contributed by atoms with Crippen LogP contribution in [-0.2, 0) is 0 Å². The van der Waals surface area contributed by atoms with Crippen molar-refractivity contribution in [3.05, 3.63) is 48.1 Å². The first-order chi connectivity index (χ1) is 6.40. The second-order valence-electron chi connectivity index (χ2n) is 2.50. The zero-order valence-corrected chi connectivity index (χ0v) is 6.77. The minimum absolute atomic E-state index is 0.580. The summed E-state index contributed by atoms with van der Waals surface area (Å²) in [6, 6.07) is 7.12. The van der Waals surface area contributed by atoms with Gasteiger partial charge in [0.25, 0.3) is 0 Å². The predicted octanol–water partition coefficient (Wildman–Crippen LogP) is 2.89. The third-order valence-electron chi connectivity index (χ3n) is 1.68. The summed E-state index contributed by atoms with van der Waals surface area (Å²) < 4.78 is 5.10. The van der Waals surface area contributed by atoms with E-state index in [1.807, 2.05) is 12.1 Å². The summed E-state index contributed by atoms with van der Waals surface area (Å²) in [5.74, 6) is 0.580. The van der Waals surface area contributed by atoms with Gasteiger partial charge in [0, 0.05) is 5.56 Å². The maximum absolute atomic E-state index is 6.77. The lowest BCUT2D eigenvalue weighted by molar-refractivity contribution is 0.574. The van der Waals surface area contributed by atoms with E-state index < -0.39 is 0 Å². The molecule has 1 aromatic heterocycles. The molecule has 0 radical (unpaired) electrons. The molecule has 0 unspecified atom stereocenters. The monoisotopic (exact) mass is 170 g/mol. The van der Waals surface area contributed by atoms with Crippen LogP contribution in [0.1, 0.15) is 0 Å². The molecule has 0 amide bonds. The second kappa shape index (κ2) is 3.11. The van der Waals surface area contributed by atoms with Crippen molar-refractivity contribution >= 4 is 5.69 Å². The van der Waals surface area contributed by atoms with Crippen LogP contribution in [0.5, 0.6) is 0 Å². The molecule has 62 valence electrons. The Labute approximate surface area is 75.5 Å². The average Bonchev–Trinajstić information content (AvgIpc) is 2.71. The number of rotatable bonds is 1. The van der Waals surface area contributed by atoms with Crippen LogP contribution in [0.2, 0.25) is 0 Å². The van der Waals surface area contributed by atoms with Crippen LogP contribution in [-0.4, -0.2) is 4.98 Å². The summed E-state index contributed by atoms with van der Waals surface area (Å²) in [5, 5.41) is 0. The third kappa shape index (κ3) is 1.42. The number of hydrogen-bond acceptors (Lipinski definition) is 2. The van der Waals surface area contributed by atoms with E-state index in [0.29, 0.717) is 11.6 Å². The molecule has 0 aliphatic heterocycles. The Balaban J connectivity index is 2.40. The normalized spacial score (nSPS) is 9.46. The highest BCUT2D eigenvalue weighted by molar-refractivity contribution is 5.58. The van der Waals surface area contributed by atoms with Gasteiger partial charge in [-0.15, -0.1) is 0 Å². The molecule has 3 nitrogen and oxygen atoms in total.